The number of hydrogen-bond donors (Lipinski definition) is 5. The number of rotatable bonds is 30. The lowest BCUT2D eigenvalue weighted by Gasteiger charge is -2.22. The summed E-state index contributed by atoms with van der Waals surface area (Å²) in [6.45, 7) is 17.6. The van der Waals surface area contributed by atoms with Crippen LogP contribution in [-0.4, -0.2) is 174 Å². The van der Waals surface area contributed by atoms with Crippen LogP contribution in [-0.2, 0) is 66.5 Å². The van der Waals surface area contributed by atoms with Crippen molar-refractivity contribution in [2.75, 3.05) is 81.3 Å². The topological polar surface area (TPSA) is 254 Å². The van der Waals surface area contributed by atoms with E-state index in [1.54, 1.807) is 13.8 Å². The van der Waals surface area contributed by atoms with Crippen LogP contribution in [0.25, 0.3) is 0 Å². The van der Waals surface area contributed by atoms with Crippen LogP contribution >= 0.6 is 0 Å². The van der Waals surface area contributed by atoms with E-state index in [-0.39, 0.29) is 101 Å². The minimum atomic E-state index is -0.850. The zero-order valence-electron chi connectivity index (χ0n) is 40.0. The van der Waals surface area contributed by atoms with Gasteiger partial charge in [-0.05, 0) is 37.0 Å². The van der Waals surface area contributed by atoms with Crippen molar-refractivity contribution in [1.29, 1.82) is 0 Å². The van der Waals surface area contributed by atoms with Gasteiger partial charge in [-0.25, -0.2) is 0 Å². The Hall–Kier alpha value is -2.11. The van der Waals surface area contributed by atoms with E-state index in [0.29, 0.717) is 32.1 Å². The number of aliphatic hydroxyl groups excluding tert-OH is 5. The van der Waals surface area contributed by atoms with Crippen LogP contribution in [0.1, 0.15) is 109 Å². The van der Waals surface area contributed by atoms with Crippen molar-refractivity contribution in [3.63, 3.8) is 0 Å². The van der Waals surface area contributed by atoms with Gasteiger partial charge in [0, 0.05) is 43.2 Å². The van der Waals surface area contributed by atoms with Crippen LogP contribution in [0.2, 0.25) is 0 Å². The number of methoxy groups -OCH3 is 4. The molecule has 19 nitrogen and oxygen atoms in total. The van der Waals surface area contributed by atoms with Gasteiger partial charge in [-0.1, -0.05) is 62.3 Å². The average molecular weight is 882 g/mol. The molecule has 0 rings (SSSR count). The van der Waals surface area contributed by atoms with Gasteiger partial charge in [-0.3, -0.25) is 14.4 Å². The number of ether oxygens (including phenoxy) is 11. The Morgan fingerprint density at radius 3 is 1.05 bits per heavy atom. The van der Waals surface area contributed by atoms with Gasteiger partial charge in [-0.15, -0.1) is 0 Å². The Kier molecular flexibility index (Phi) is 43.7. The van der Waals surface area contributed by atoms with Crippen LogP contribution in [0, 0.1) is 11.3 Å². The molecule has 0 aromatic rings. The van der Waals surface area contributed by atoms with Crippen molar-refractivity contribution in [2.24, 2.45) is 11.3 Å². The van der Waals surface area contributed by atoms with Crippen LogP contribution in [0.4, 0.5) is 0 Å². The Morgan fingerprint density at radius 2 is 0.817 bits per heavy atom. The second-order valence-electron chi connectivity index (χ2n) is 14.5. The van der Waals surface area contributed by atoms with E-state index in [1.807, 2.05) is 48.5 Å². The fraction of sp³-hybridized carbons (Fsp3) is 0.927. The van der Waals surface area contributed by atoms with Crippen LogP contribution in [0.5, 0.6) is 0 Å². The molecule has 0 bridgehead atoms. The van der Waals surface area contributed by atoms with Crippen molar-refractivity contribution >= 4 is 17.9 Å². The van der Waals surface area contributed by atoms with E-state index < -0.39 is 37.0 Å². The van der Waals surface area contributed by atoms with Gasteiger partial charge in [0.15, 0.2) is 25.2 Å². The fourth-order valence-electron chi connectivity index (χ4n) is 3.92. The molecule has 0 radical (unpaired) electrons. The molecule has 0 spiro atoms. The molecule has 8 unspecified atom stereocenters. The molecule has 0 saturated heterocycles. The molecule has 0 aliphatic rings. The van der Waals surface area contributed by atoms with Crippen LogP contribution in [0.15, 0.2) is 0 Å². The molecule has 0 aliphatic heterocycles. The highest BCUT2D eigenvalue weighted by Crippen LogP contribution is 2.19. The van der Waals surface area contributed by atoms with Crippen molar-refractivity contribution < 1.29 is 93.4 Å². The predicted octanol–water partition coefficient (Wildman–Crippen LogP) is 3.11. The summed E-state index contributed by atoms with van der Waals surface area (Å²) < 4.78 is 63.3. The monoisotopic (exact) mass is 882 g/mol. The minimum Gasteiger partial charge on any atom is -0.460 e. The first kappa shape index (κ1) is 62.2. The SMILES string of the molecule is CCC(CO)OC(CO)OC.CCC(CO)OC(COC(=O)CC(C)(C)C)OC.CCC(CO)OC(COC(C)=O)OC.[2H]C(C)(C)CC(=O)OCC(OC)OC(CC)CO. The average Bonchev–Trinajstić information content (AvgIpc) is 3.21. The summed E-state index contributed by atoms with van der Waals surface area (Å²) in [5, 5.41) is 44.2. The molecule has 0 heterocycles. The Bertz CT molecular complexity index is 946. The maximum absolute atomic E-state index is 11.5. The minimum absolute atomic E-state index is 0.0145. The van der Waals surface area contributed by atoms with Gasteiger partial charge in [0.25, 0.3) is 0 Å². The lowest BCUT2D eigenvalue weighted by atomic mass is 9.93. The van der Waals surface area contributed by atoms with E-state index >= 15 is 0 Å². The highest BCUT2D eigenvalue weighted by Gasteiger charge is 2.21. The smallest absolute Gasteiger partial charge is 0.306 e. The van der Waals surface area contributed by atoms with E-state index in [9.17, 15) is 14.4 Å². The third kappa shape index (κ3) is 41.3. The third-order valence-electron chi connectivity index (χ3n) is 7.57. The zero-order chi connectivity index (χ0) is 48.0. The number of esters is 3. The van der Waals surface area contributed by atoms with Gasteiger partial charge in [0.05, 0.1) is 63.9 Å². The molecule has 0 saturated carbocycles. The lowest BCUT2D eigenvalue weighted by molar-refractivity contribution is -0.195. The van der Waals surface area contributed by atoms with Gasteiger partial charge >= 0.3 is 17.9 Å². The van der Waals surface area contributed by atoms with Gasteiger partial charge in [-0.2, -0.15) is 0 Å². The lowest BCUT2D eigenvalue weighted by Crippen LogP contribution is -2.31. The number of carbonyl (C=O) groups is 3. The molecule has 60 heavy (non-hydrogen) atoms. The second-order valence-corrected chi connectivity index (χ2v) is 14.5. The molecule has 0 aromatic heterocycles. The van der Waals surface area contributed by atoms with E-state index in [1.165, 1.54) is 35.4 Å². The molecule has 362 valence electrons. The molecule has 0 aliphatic carbocycles. The number of carbonyl (C=O) groups excluding carboxylic acids is 3. The molecule has 0 fully saturated rings. The molecule has 0 amide bonds. The molecular weight excluding hydrogens is 796 g/mol. The molecule has 19 heteroatoms. The molecular formula is C41H84O19. The normalized spacial score (nSPS) is 15.6. The largest absolute Gasteiger partial charge is 0.460 e. The molecule has 8 atom stereocenters. The summed E-state index contributed by atoms with van der Waals surface area (Å²) >= 11 is 0. The number of hydrogen-bond acceptors (Lipinski definition) is 19. The quantitative estimate of drug-likeness (QED) is 0.0395. The highest BCUT2D eigenvalue weighted by molar-refractivity contribution is 5.70. The van der Waals surface area contributed by atoms with Gasteiger partial charge in [0.1, 0.15) is 19.8 Å². The summed E-state index contributed by atoms with van der Waals surface area (Å²) in [5.74, 6) is -1.96. The first-order valence-electron chi connectivity index (χ1n) is 20.8. The van der Waals surface area contributed by atoms with E-state index in [2.05, 4.69) is 0 Å². The Labute approximate surface area is 360 Å². The Balaban J connectivity index is -0.000000361. The molecule has 5 N–H and O–H groups in total. The van der Waals surface area contributed by atoms with Crippen molar-refractivity contribution in [2.45, 2.75) is 157 Å². The highest BCUT2D eigenvalue weighted by atomic mass is 16.7. The van der Waals surface area contributed by atoms with Crippen LogP contribution < -0.4 is 0 Å². The van der Waals surface area contributed by atoms with Crippen molar-refractivity contribution in [3.8, 4) is 0 Å². The summed E-state index contributed by atoms with van der Waals surface area (Å²) in [6.07, 6.45) is -0.654. The standard InChI is InChI=1S/C13H26O5.C12H24O5.C9H18O5.C7H16O4/c1-6-10(8-14)18-12(16-5)9-17-11(15)7-13(2,3)4;1-5-10(7-13)17-12(15-4)8-16-11(14)6-9(2)3;1-4-8(5-10)14-9(12-3)6-13-7(2)11;1-3-6(4-8)11-7(5-9)10-2/h10,12,14H,6-9H2,1-5H3;9-10,12-13H,5-8H2,1-4H3;8-10H,4-6H2,1-3H3;6-9H,3-5H2,1-2H3/i;9D;;. The molecule has 0 aromatic carbocycles. The maximum Gasteiger partial charge on any atom is 0.306 e. The first-order valence-corrected chi connectivity index (χ1v) is 20.3. The second kappa shape index (κ2) is 42.2. The summed E-state index contributed by atoms with van der Waals surface area (Å²) in [6, 6.07) is 0. The number of aliphatic hydroxyl groups is 5. The summed E-state index contributed by atoms with van der Waals surface area (Å²) in [5.41, 5.74) is -0.0996. The van der Waals surface area contributed by atoms with Crippen LogP contribution in [0.3, 0.4) is 0 Å². The van der Waals surface area contributed by atoms with E-state index in [4.69, 9.17) is 79.0 Å². The zero-order valence-corrected chi connectivity index (χ0v) is 39.0. The van der Waals surface area contributed by atoms with Crippen molar-refractivity contribution in [3.05, 3.63) is 0 Å². The van der Waals surface area contributed by atoms with Gasteiger partial charge < -0.3 is 77.6 Å². The summed E-state index contributed by atoms with van der Waals surface area (Å²) in [4.78, 5) is 33.4. The van der Waals surface area contributed by atoms with E-state index in [0.717, 1.165) is 0 Å². The first-order chi connectivity index (χ1) is 28.5. The Morgan fingerprint density at radius 1 is 0.517 bits per heavy atom. The fourth-order valence-corrected chi connectivity index (χ4v) is 3.92. The van der Waals surface area contributed by atoms with Crippen molar-refractivity contribution in [1.82, 2.24) is 0 Å². The van der Waals surface area contributed by atoms with Gasteiger partial charge in [0.2, 0.25) is 0 Å². The predicted molar refractivity (Wildman–Crippen MR) is 221 cm³/mol. The maximum atomic E-state index is 11.5. The third-order valence-corrected chi connectivity index (χ3v) is 7.57. The summed E-state index contributed by atoms with van der Waals surface area (Å²) in [7, 11) is 5.83.